The van der Waals surface area contributed by atoms with Gasteiger partial charge in [-0.1, -0.05) is 141 Å². The molecule has 0 fully saturated rings. The molecule has 0 heterocycles. The van der Waals surface area contributed by atoms with Crippen LogP contribution in [0.2, 0.25) is 0 Å². The lowest BCUT2D eigenvalue weighted by molar-refractivity contribution is 0.642. The van der Waals surface area contributed by atoms with E-state index in [1.54, 1.807) is 12.2 Å². The van der Waals surface area contributed by atoms with Gasteiger partial charge in [0.2, 0.25) is 0 Å². The highest BCUT2D eigenvalue weighted by atomic mass is 15.2. The average molecular weight is 584 g/mol. The van der Waals surface area contributed by atoms with Crippen molar-refractivity contribution in [2.24, 2.45) is 0 Å². The topological polar surface area (TPSA) is 3.24 Å². The van der Waals surface area contributed by atoms with Crippen LogP contribution in [0.3, 0.4) is 0 Å². The fraction of sp³-hybridized carbons (Fsp3) is 0.0682. The van der Waals surface area contributed by atoms with Crippen molar-refractivity contribution in [3.63, 3.8) is 0 Å². The minimum Gasteiger partial charge on any atom is -0.311 e. The lowest BCUT2D eigenvalue weighted by atomic mass is 9.88. The Morgan fingerprint density at radius 2 is 1.33 bits per heavy atom. The maximum atomic E-state index is 4.57. The van der Waals surface area contributed by atoms with E-state index in [-0.39, 0.29) is 0 Å². The number of rotatable bonds is 10. The first-order valence-corrected chi connectivity index (χ1v) is 15.2. The zero-order valence-electron chi connectivity index (χ0n) is 26.6. The van der Waals surface area contributed by atoms with Crippen molar-refractivity contribution in [3.05, 3.63) is 221 Å². The van der Waals surface area contributed by atoms with Crippen molar-refractivity contribution in [2.45, 2.75) is 20.8 Å². The quantitative estimate of drug-likeness (QED) is 0.170. The maximum absolute atomic E-state index is 4.57. The largest absolute Gasteiger partial charge is 0.311 e. The summed E-state index contributed by atoms with van der Waals surface area (Å²) in [7, 11) is 0. The summed E-state index contributed by atoms with van der Waals surface area (Å²) in [6.45, 7) is 18.6. The standard InChI is InChI=1S/C44H41N/c1-7-18-40(19-8-2)45(41(20-9-3)21-10-4)35(6)36-30-32-39(33-31-36)44-42-25-17-16-23-37(42)22-14-12-11-13-15-24-43(44)38-28-26-34(5)27-29-38/h7-12,14-33H,1,3,6H2,2,4-5H3/b14-12+,19-8-,21-10-,37-22-,40-18+,41-20+,43-24+,44-42-. The second-order valence-electron chi connectivity index (χ2n) is 10.5. The van der Waals surface area contributed by atoms with Gasteiger partial charge in [0, 0.05) is 17.1 Å². The number of fused-ring (bicyclic) bond motifs is 1. The van der Waals surface area contributed by atoms with Crippen molar-refractivity contribution in [1.29, 1.82) is 0 Å². The van der Waals surface area contributed by atoms with Crippen molar-refractivity contribution < 1.29 is 0 Å². The predicted molar refractivity (Wildman–Crippen MR) is 197 cm³/mol. The first-order chi connectivity index (χ1) is 22.0. The molecule has 0 N–H and O–H groups in total. The van der Waals surface area contributed by atoms with Crippen LogP contribution < -0.4 is 10.4 Å². The average Bonchev–Trinajstić information content (AvgIpc) is 3.09. The summed E-state index contributed by atoms with van der Waals surface area (Å²) >= 11 is 0. The molecule has 1 aliphatic rings. The van der Waals surface area contributed by atoms with Gasteiger partial charge in [-0.2, -0.15) is 0 Å². The fourth-order valence-corrected chi connectivity index (χ4v) is 5.25. The number of allylic oxidation sites excluding steroid dienone is 13. The molecule has 0 aromatic heterocycles. The van der Waals surface area contributed by atoms with Crippen molar-refractivity contribution in [2.75, 3.05) is 0 Å². The summed E-state index contributed by atoms with van der Waals surface area (Å²) in [6.07, 6.45) is 28.0. The molecule has 4 rings (SSSR count). The maximum Gasteiger partial charge on any atom is 0.0462 e. The number of benzene rings is 3. The predicted octanol–water partition coefficient (Wildman–Crippen LogP) is 9.90. The van der Waals surface area contributed by atoms with E-state index in [9.17, 15) is 0 Å². The van der Waals surface area contributed by atoms with Gasteiger partial charge < -0.3 is 4.90 Å². The van der Waals surface area contributed by atoms with Crippen LogP contribution in [0.5, 0.6) is 0 Å². The Balaban J connectivity index is 1.96. The van der Waals surface area contributed by atoms with E-state index in [1.165, 1.54) is 5.56 Å². The van der Waals surface area contributed by atoms with Gasteiger partial charge >= 0.3 is 0 Å². The molecule has 0 atom stereocenters. The van der Waals surface area contributed by atoms with Gasteiger partial charge in [0.25, 0.3) is 0 Å². The first-order valence-electron chi connectivity index (χ1n) is 15.2. The molecule has 222 valence electrons. The van der Waals surface area contributed by atoms with Gasteiger partial charge in [-0.25, -0.2) is 0 Å². The summed E-state index contributed by atoms with van der Waals surface area (Å²) in [4.78, 5) is 2.13. The van der Waals surface area contributed by atoms with Gasteiger partial charge in [0.1, 0.15) is 0 Å². The third kappa shape index (κ3) is 8.06. The van der Waals surface area contributed by atoms with Crippen LogP contribution in [0.1, 0.15) is 36.1 Å². The number of aryl methyl sites for hydroxylation is 1. The smallest absolute Gasteiger partial charge is 0.0462 e. The van der Waals surface area contributed by atoms with Gasteiger partial charge in [0.15, 0.2) is 0 Å². The second kappa shape index (κ2) is 16.3. The Morgan fingerprint density at radius 3 is 1.96 bits per heavy atom. The lowest BCUT2D eigenvalue weighted by Crippen LogP contribution is -2.27. The Morgan fingerprint density at radius 1 is 0.711 bits per heavy atom. The molecular formula is C44H41N. The molecule has 3 aromatic carbocycles. The zero-order valence-corrected chi connectivity index (χ0v) is 26.6. The summed E-state index contributed by atoms with van der Waals surface area (Å²) in [5, 5.41) is 2.30. The van der Waals surface area contributed by atoms with E-state index in [2.05, 4.69) is 140 Å². The van der Waals surface area contributed by atoms with E-state index in [0.29, 0.717) is 0 Å². The van der Waals surface area contributed by atoms with Gasteiger partial charge in [0.05, 0.1) is 0 Å². The van der Waals surface area contributed by atoms with Crippen LogP contribution in [-0.2, 0) is 0 Å². The van der Waals surface area contributed by atoms with E-state index < -0.39 is 0 Å². The molecule has 3 aromatic rings. The molecule has 0 aliphatic heterocycles. The Hall–Kier alpha value is -5.62. The molecule has 0 radical (unpaired) electrons. The van der Waals surface area contributed by atoms with Gasteiger partial charge in [-0.3, -0.25) is 0 Å². The highest BCUT2D eigenvalue weighted by molar-refractivity contribution is 6.05. The lowest BCUT2D eigenvalue weighted by Gasteiger charge is -2.29. The van der Waals surface area contributed by atoms with Gasteiger partial charge in [-0.05, 0) is 102 Å². The highest BCUT2D eigenvalue weighted by Crippen LogP contribution is 2.33. The highest BCUT2D eigenvalue weighted by Gasteiger charge is 2.17. The van der Waals surface area contributed by atoms with Crippen molar-refractivity contribution in [1.82, 2.24) is 4.90 Å². The van der Waals surface area contributed by atoms with E-state index in [1.807, 2.05) is 56.4 Å². The van der Waals surface area contributed by atoms with Crippen LogP contribution in [0.4, 0.5) is 0 Å². The molecule has 0 unspecified atom stereocenters. The number of hydrogen-bond donors (Lipinski definition) is 0. The van der Waals surface area contributed by atoms with E-state index in [0.717, 1.165) is 55.4 Å². The van der Waals surface area contributed by atoms with Crippen molar-refractivity contribution in [3.8, 4) is 0 Å². The minimum absolute atomic E-state index is 0.840. The third-order valence-corrected chi connectivity index (χ3v) is 7.33. The Labute approximate surface area is 269 Å². The molecule has 0 amide bonds. The van der Waals surface area contributed by atoms with Crippen LogP contribution in [0.15, 0.2) is 189 Å². The van der Waals surface area contributed by atoms with E-state index in [4.69, 9.17) is 0 Å². The van der Waals surface area contributed by atoms with Crippen LogP contribution >= 0.6 is 0 Å². The monoisotopic (exact) mass is 583 g/mol. The normalized spacial score (nSPS) is 17.5. The summed E-state index contributed by atoms with van der Waals surface area (Å²) in [6, 6.07) is 26.0. The molecule has 0 spiro atoms. The Bertz CT molecular complexity index is 1890. The molecule has 1 heteroatoms. The summed E-state index contributed by atoms with van der Waals surface area (Å²) < 4.78 is 0. The SMILES string of the molecule is C=C/C=C(\C=C/C)N(C(=C)c1ccc(C2=c3\cccc\c3=C\C=C\C=C=C\C=C\2c2ccc(C)cc2)cc1)C(/C=C\C)=C/C=C. The zero-order chi connectivity index (χ0) is 32.0. The minimum atomic E-state index is 0.840. The van der Waals surface area contributed by atoms with Crippen LogP contribution in [-0.4, -0.2) is 4.90 Å². The summed E-state index contributed by atoms with van der Waals surface area (Å²) in [5.41, 5.74) is 12.8. The van der Waals surface area contributed by atoms with E-state index >= 15 is 0 Å². The second-order valence-corrected chi connectivity index (χ2v) is 10.5. The van der Waals surface area contributed by atoms with Crippen LogP contribution in [0.25, 0.3) is 22.9 Å². The molecule has 1 aliphatic carbocycles. The number of hydrogen-bond acceptors (Lipinski definition) is 1. The molecule has 0 saturated heterocycles. The molecule has 45 heavy (non-hydrogen) atoms. The third-order valence-electron chi connectivity index (χ3n) is 7.33. The molecule has 1 nitrogen and oxygen atoms in total. The molecule has 0 saturated carbocycles. The van der Waals surface area contributed by atoms with Crippen LogP contribution in [0, 0.1) is 6.92 Å². The summed E-state index contributed by atoms with van der Waals surface area (Å²) in [5.74, 6) is 0. The number of nitrogens with zero attached hydrogens (tertiary/aromatic N) is 1. The fourth-order valence-electron chi connectivity index (χ4n) is 5.25. The van der Waals surface area contributed by atoms with Crippen molar-refractivity contribution >= 4 is 22.9 Å². The molecule has 0 bridgehead atoms. The van der Waals surface area contributed by atoms with Gasteiger partial charge in [-0.15, -0.1) is 5.73 Å². The Kier molecular flexibility index (Phi) is 11.7. The first kappa shape index (κ1) is 32.3. The molecular weight excluding hydrogens is 542 g/mol.